The van der Waals surface area contributed by atoms with Gasteiger partial charge in [-0.3, -0.25) is 4.90 Å². The maximum atomic E-state index is 13.5. The third kappa shape index (κ3) is 6.55. The van der Waals surface area contributed by atoms with Gasteiger partial charge < -0.3 is 10.0 Å². The van der Waals surface area contributed by atoms with E-state index < -0.39 is 5.60 Å². The lowest BCUT2D eigenvalue weighted by Gasteiger charge is -2.35. The zero-order chi connectivity index (χ0) is 23.8. The van der Waals surface area contributed by atoms with Crippen LogP contribution in [0.2, 0.25) is 5.02 Å². The first-order valence-electron chi connectivity index (χ1n) is 11.9. The summed E-state index contributed by atoms with van der Waals surface area (Å²) >= 11 is 6.06. The lowest BCUT2D eigenvalue weighted by Crippen LogP contribution is -2.46. The second-order valence-corrected chi connectivity index (χ2v) is 9.37. The SMILES string of the molecule is OC(CCCN1CCN(C/C=C/c2ccccc2)CC1)(c1ccc(F)cc1)c1ccc(Cl)cc1. The predicted molar refractivity (Wildman–Crippen MR) is 138 cm³/mol. The molecule has 0 radical (unpaired) electrons. The second-order valence-electron chi connectivity index (χ2n) is 8.93. The van der Waals surface area contributed by atoms with E-state index in [1.807, 2.05) is 18.2 Å². The fraction of sp³-hybridized carbons (Fsp3) is 0.310. The molecule has 1 atom stereocenters. The van der Waals surface area contributed by atoms with Crippen molar-refractivity contribution in [3.05, 3.63) is 112 Å². The molecule has 1 N–H and O–H groups in total. The van der Waals surface area contributed by atoms with E-state index in [4.69, 9.17) is 11.6 Å². The van der Waals surface area contributed by atoms with Crippen molar-refractivity contribution in [3.8, 4) is 0 Å². The molecule has 178 valence electrons. The number of hydrogen-bond acceptors (Lipinski definition) is 3. The second kappa shape index (κ2) is 11.8. The molecule has 0 amide bonds. The summed E-state index contributed by atoms with van der Waals surface area (Å²) in [5.41, 5.74) is 1.53. The van der Waals surface area contributed by atoms with E-state index in [1.165, 1.54) is 17.7 Å². The average molecular weight is 479 g/mol. The lowest BCUT2D eigenvalue weighted by molar-refractivity contribution is 0.0611. The Morgan fingerprint density at radius 2 is 1.41 bits per heavy atom. The van der Waals surface area contributed by atoms with Crippen LogP contribution in [-0.2, 0) is 5.60 Å². The molecule has 0 aliphatic carbocycles. The average Bonchev–Trinajstić information content (AvgIpc) is 2.86. The molecule has 1 fully saturated rings. The van der Waals surface area contributed by atoms with Crippen molar-refractivity contribution >= 4 is 17.7 Å². The zero-order valence-electron chi connectivity index (χ0n) is 19.4. The van der Waals surface area contributed by atoms with Gasteiger partial charge in [-0.1, -0.05) is 78.4 Å². The summed E-state index contributed by atoms with van der Waals surface area (Å²) in [5, 5.41) is 12.3. The third-order valence-corrected chi connectivity index (χ3v) is 6.85. The molecule has 0 spiro atoms. The van der Waals surface area contributed by atoms with Crippen molar-refractivity contribution in [1.82, 2.24) is 9.80 Å². The molecule has 5 heteroatoms. The number of halogens is 2. The number of nitrogens with zero attached hydrogens (tertiary/aromatic N) is 2. The van der Waals surface area contributed by atoms with E-state index >= 15 is 0 Å². The van der Waals surface area contributed by atoms with Gasteiger partial charge in [0.15, 0.2) is 0 Å². The summed E-state index contributed by atoms with van der Waals surface area (Å²) in [5.74, 6) is -0.307. The van der Waals surface area contributed by atoms with Crippen LogP contribution in [0.3, 0.4) is 0 Å². The van der Waals surface area contributed by atoms with Gasteiger partial charge in [0.05, 0.1) is 0 Å². The third-order valence-electron chi connectivity index (χ3n) is 6.59. The molecular weight excluding hydrogens is 447 g/mol. The van der Waals surface area contributed by atoms with Crippen molar-refractivity contribution in [2.75, 3.05) is 39.3 Å². The number of rotatable bonds is 9. The summed E-state index contributed by atoms with van der Waals surface area (Å²) < 4.78 is 13.5. The van der Waals surface area contributed by atoms with Crippen LogP contribution in [0.25, 0.3) is 6.08 Å². The Kier molecular flexibility index (Phi) is 8.52. The summed E-state index contributed by atoms with van der Waals surface area (Å²) in [6.45, 7) is 6.01. The van der Waals surface area contributed by atoms with E-state index in [-0.39, 0.29) is 5.82 Å². The number of hydrogen-bond donors (Lipinski definition) is 1. The van der Waals surface area contributed by atoms with Crippen LogP contribution in [-0.4, -0.2) is 54.2 Å². The maximum Gasteiger partial charge on any atom is 0.123 e. The van der Waals surface area contributed by atoms with E-state index in [0.29, 0.717) is 17.0 Å². The quantitative estimate of drug-likeness (QED) is 0.419. The summed E-state index contributed by atoms with van der Waals surface area (Å²) in [7, 11) is 0. The van der Waals surface area contributed by atoms with Crippen LogP contribution in [0.5, 0.6) is 0 Å². The van der Waals surface area contributed by atoms with Crippen molar-refractivity contribution in [1.29, 1.82) is 0 Å². The Morgan fingerprint density at radius 1 is 0.824 bits per heavy atom. The van der Waals surface area contributed by atoms with Crippen LogP contribution < -0.4 is 0 Å². The zero-order valence-corrected chi connectivity index (χ0v) is 20.2. The van der Waals surface area contributed by atoms with Gasteiger partial charge in [-0.05, 0) is 60.3 Å². The highest BCUT2D eigenvalue weighted by atomic mass is 35.5. The molecule has 3 nitrogen and oxygen atoms in total. The number of benzene rings is 3. The molecule has 4 rings (SSSR count). The Bertz CT molecular complexity index is 1000. The molecule has 1 aliphatic rings. The van der Waals surface area contributed by atoms with Gasteiger partial charge in [0.2, 0.25) is 0 Å². The smallest absolute Gasteiger partial charge is 0.123 e. The first-order chi connectivity index (χ1) is 16.5. The van der Waals surface area contributed by atoms with E-state index in [0.717, 1.165) is 51.3 Å². The van der Waals surface area contributed by atoms with Crippen LogP contribution in [0.1, 0.15) is 29.5 Å². The fourth-order valence-corrected chi connectivity index (χ4v) is 4.69. The number of aliphatic hydroxyl groups is 1. The van der Waals surface area contributed by atoms with Crippen LogP contribution in [0.15, 0.2) is 84.9 Å². The highest BCUT2D eigenvalue weighted by molar-refractivity contribution is 6.30. The molecule has 0 aromatic heterocycles. The van der Waals surface area contributed by atoms with E-state index in [1.54, 1.807) is 24.3 Å². The lowest BCUT2D eigenvalue weighted by atomic mass is 9.82. The Hall–Kier alpha value is -2.50. The van der Waals surface area contributed by atoms with Crippen LogP contribution in [0, 0.1) is 5.82 Å². The molecule has 0 saturated carbocycles. The largest absolute Gasteiger partial charge is 0.380 e. The van der Waals surface area contributed by atoms with Crippen molar-refractivity contribution in [2.45, 2.75) is 18.4 Å². The van der Waals surface area contributed by atoms with Gasteiger partial charge in [-0.2, -0.15) is 0 Å². The van der Waals surface area contributed by atoms with E-state index in [9.17, 15) is 9.50 Å². The van der Waals surface area contributed by atoms with Crippen molar-refractivity contribution < 1.29 is 9.50 Å². The van der Waals surface area contributed by atoms with Gasteiger partial charge >= 0.3 is 0 Å². The summed E-state index contributed by atoms with van der Waals surface area (Å²) in [4.78, 5) is 4.93. The molecule has 1 saturated heterocycles. The topological polar surface area (TPSA) is 26.7 Å². The van der Waals surface area contributed by atoms with Gasteiger partial charge in [0.25, 0.3) is 0 Å². The summed E-state index contributed by atoms with van der Waals surface area (Å²) in [6.07, 6.45) is 5.81. The Balaban J connectivity index is 1.29. The van der Waals surface area contributed by atoms with Gasteiger partial charge in [0.1, 0.15) is 11.4 Å². The monoisotopic (exact) mass is 478 g/mol. The summed E-state index contributed by atoms with van der Waals surface area (Å²) in [6, 6.07) is 23.8. The minimum Gasteiger partial charge on any atom is -0.380 e. The molecule has 3 aromatic rings. The fourth-order valence-electron chi connectivity index (χ4n) is 4.56. The molecule has 1 aliphatic heterocycles. The van der Waals surface area contributed by atoms with Crippen LogP contribution >= 0.6 is 11.6 Å². The number of piperazine rings is 1. The molecule has 3 aromatic carbocycles. The van der Waals surface area contributed by atoms with Crippen molar-refractivity contribution in [2.24, 2.45) is 0 Å². The Morgan fingerprint density at radius 3 is 2.06 bits per heavy atom. The van der Waals surface area contributed by atoms with Gasteiger partial charge in [-0.15, -0.1) is 0 Å². The van der Waals surface area contributed by atoms with Gasteiger partial charge in [-0.25, -0.2) is 4.39 Å². The molecule has 0 bridgehead atoms. The minimum absolute atomic E-state index is 0.307. The van der Waals surface area contributed by atoms with Crippen LogP contribution in [0.4, 0.5) is 4.39 Å². The maximum absolute atomic E-state index is 13.5. The predicted octanol–water partition coefficient (Wildman–Crippen LogP) is 5.83. The Labute approximate surface area is 207 Å². The molecule has 34 heavy (non-hydrogen) atoms. The normalized spacial score (nSPS) is 17.1. The standard InChI is InChI=1S/C29H32ClFN2O/c30-27-13-9-25(10-14-27)29(34,26-11-15-28(31)16-12-26)17-5-19-33-22-20-32(21-23-33)18-4-8-24-6-2-1-3-7-24/h1-4,6-16,34H,5,17-23H2/b8-4+. The van der Waals surface area contributed by atoms with Gasteiger partial charge in [0, 0.05) is 37.7 Å². The van der Waals surface area contributed by atoms with E-state index in [2.05, 4.69) is 46.2 Å². The highest BCUT2D eigenvalue weighted by Crippen LogP contribution is 2.35. The highest BCUT2D eigenvalue weighted by Gasteiger charge is 2.31. The minimum atomic E-state index is -1.18. The first-order valence-corrected chi connectivity index (χ1v) is 12.3. The first kappa shape index (κ1) is 24.6. The molecule has 1 heterocycles. The molecular formula is C29H32ClFN2O. The molecule has 1 unspecified atom stereocenters. The van der Waals surface area contributed by atoms with Crippen molar-refractivity contribution in [3.63, 3.8) is 0 Å².